The Hall–Kier alpha value is -1.82. The molecule has 1 aliphatic heterocycles. The number of hydrogen-bond donors (Lipinski definition) is 2. The second kappa shape index (κ2) is 6.38. The summed E-state index contributed by atoms with van der Waals surface area (Å²) in [5.74, 6) is -0.949. The van der Waals surface area contributed by atoms with Gasteiger partial charge in [0, 0.05) is 13.1 Å². The van der Waals surface area contributed by atoms with Crippen LogP contribution in [-0.2, 0) is 9.53 Å². The molecule has 1 heterocycles. The van der Waals surface area contributed by atoms with Gasteiger partial charge in [-0.15, -0.1) is 0 Å². The molecule has 2 N–H and O–H groups in total. The highest BCUT2D eigenvalue weighted by Crippen LogP contribution is 2.11. The maximum atomic E-state index is 11.8. The van der Waals surface area contributed by atoms with Crippen molar-refractivity contribution < 1.29 is 19.4 Å². The molecule has 0 bridgehead atoms. The molecule has 0 spiro atoms. The molecular formula is C13H18N2O4. The Morgan fingerprint density at radius 3 is 3.00 bits per heavy atom. The summed E-state index contributed by atoms with van der Waals surface area (Å²) in [4.78, 5) is 24.1. The van der Waals surface area contributed by atoms with Crippen LogP contribution >= 0.6 is 0 Å². The molecule has 1 amide bonds. The quantitative estimate of drug-likeness (QED) is 0.788. The van der Waals surface area contributed by atoms with Gasteiger partial charge in [-0.1, -0.05) is 18.2 Å². The summed E-state index contributed by atoms with van der Waals surface area (Å²) in [7, 11) is 0. The van der Waals surface area contributed by atoms with E-state index in [1.165, 1.54) is 4.90 Å². The van der Waals surface area contributed by atoms with Crippen LogP contribution in [0.1, 0.15) is 12.8 Å². The van der Waals surface area contributed by atoms with E-state index >= 15 is 0 Å². The van der Waals surface area contributed by atoms with Crippen LogP contribution in [0.25, 0.3) is 0 Å². The number of allylic oxidation sites excluding steroid dienone is 2. The predicted octanol–water partition coefficient (Wildman–Crippen LogP) is 0.758. The Balaban J connectivity index is 1.80. The van der Waals surface area contributed by atoms with E-state index in [1.54, 1.807) is 0 Å². The lowest BCUT2D eigenvalue weighted by molar-refractivity contribution is -0.140. The molecule has 0 radical (unpaired) electrons. The summed E-state index contributed by atoms with van der Waals surface area (Å²) in [5.41, 5.74) is 0.990. The van der Waals surface area contributed by atoms with Crippen molar-refractivity contribution in [3.05, 3.63) is 23.8 Å². The minimum Gasteiger partial charge on any atom is -0.480 e. The van der Waals surface area contributed by atoms with Crippen molar-refractivity contribution in [2.75, 3.05) is 26.2 Å². The number of aliphatic carboxylic acids is 1. The van der Waals surface area contributed by atoms with Gasteiger partial charge in [-0.05, 0) is 18.4 Å². The van der Waals surface area contributed by atoms with Gasteiger partial charge < -0.3 is 20.1 Å². The molecule has 1 atom stereocenters. The van der Waals surface area contributed by atoms with Crippen LogP contribution in [0.3, 0.4) is 0 Å². The van der Waals surface area contributed by atoms with Crippen LogP contribution in [0.4, 0.5) is 4.79 Å². The number of rotatable bonds is 3. The number of nitrogens with one attached hydrogen (secondary N) is 1. The molecule has 0 aromatic carbocycles. The standard InChI is InChI=1S/C13H18N2O4/c16-12(17)11-8-15(7-6-14-11)13(18)19-9-10-4-2-1-3-5-10/h2,4-5,11,14H,1,3,6-9H2,(H,16,17). The van der Waals surface area contributed by atoms with Crippen LogP contribution < -0.4 is 5.32 Å². The number of piperazine rings is 1. The first-order chi connectivity index (χ1) is 9.16. The topological polar surface area (TPSA) is 78.9 Å². The molecule has 19 heavy (non-hydrogen) atoms. The van der Waals surface area contributed by atoms with Gasteiger partial charge in [-0.25, -0.2) is 4.79 Å². The molecule has 6 nitrogen and oxygen atoms in total. The van der Waals surface area contributed by atoms with E-state index in [2.05, 4.69) is 11.4 Å². The van der Waals surface area contributed by atoms with Gasteiger partial charge in [0.2, 0.25) is 0 Å². The summed E-state index contributed by atoms with van der Waals surface area (Å²) < 4.78 is 5.20. The first-order valence-corrected chi connectivity index (χ1v) is 6.40. The molecule has 1 unspecified atom stereocenters. The van der Waals surface area contributed by atoms with E-state index in [0.717, 1.165) is 18.4 Å². The van der Waals surface area contributed by atoms with E-state index in [9.17, 15) is 9.59 Å². The molecule has 2 aliphatic rings. The highest BCUT2D eigenvalue weighted by Gasteiger charge is 2.28. The van der Waals surface area contributed by atoms with Crippen LogP contribution in [0.2, 0.25) is 0 Å². The van der Waals surface area contributed by atoms with E-state index in [0.29, 0.717) is 13.1 Å². The normalized spacial score (nSPS) is 22.8. The van der Waals surface area contributed by atoms with Gasteiger partial charge in [0.15, 0.2) is 0 Å². The van der Waals surface area contributed by atoms with E-state index in [1.807, 2.05) is 12.2 Å². The maximum absolute atomic E-state index is 11.8. The molecule has 2 rings (SSSR count). The lowest BCUT2D eigenvalue weighted by atomic mass is 10.1. The summed E-state index contributed by atoms with van der Waals surface area (Å²) in [6.07, 6.45) is 7.59. The van der Waals surface area contributed by atoms with Gasteiger partial charge in [-0.2, -0.15) is 0 Å². The molecule has 0 aromatic rings. The van der Waals surface area contributed by atoms with E-state index < -0.39 is 18.1 Å². The van der Waals surface area contributed by atoms with Crippen molar-refractivity contribution in [2.24, 2.45) is 0 Å². The molecule has 0 aromatic heterocycles. The number of nitrogens with zero attached hydrogens (tertiary/aromatic N) is 1. The monoisotopic (exact) mass is 266 g/mol. The first-order valence-electron chi connectivity index (χ1n) is 6.40. The average Bonchev–Trinajstić information content (AvgIpc) is 2.46. The minimum absolute atomic E-state index is 0.142. The van der Waals surface area contributed by atoms with Crippen LogP contribution in [0.5, 0.6) is 0 Å². The van der Waals surface area contributed by atoms with Crippen LogP contribution in [0, 0.1) is 0 Å². The molecule has 104 valence electrons. The van der Waals surface area contributed by atoms with Crippen molar-refractivity contribution in [3.63, 3.8) is 0 Å². The van der Waals surface area contributed by atoms with Crippen molar-refractivity contribution >= 4 is 12.1 Å². The van der Waals surface area contributed by atoms with Crippen molar-refractivity contribution in [2.45, 2.75) is 18.9 Å². The molecule has 0 saturated carbocycles. The number of carboxylic acids is 1. The number of carbonyl (C=O) groups is 2. The second-order valence-electron chi connectivity index (χ2n) is 4.60. The molecule has 1 fully saturated rings. The largest absolute Gasteiger partial charge is 0.480 e. The Labute approximate surface area is 111 Å². The van der Waals surface area contributed by atoms with Gasteiger partial charge in [-0.3, -0.25) is 4.79 Å². The van der Waals surface area contributed by atoms with Gasteiger partial charge in [0.05, 0.1) is 6.54 Å². The zero-order valence-corrected chi connectivity index (χ0v) is 10.7. The van der Waals surface area contributed by atoms with Gasteiger partial charge in [0.25, 0.3) is 0 Å². The van der Waals surface area contributed by atoms with Crippen LogP contribution in [-0.4, -0.2) is 54.4 Å². The third-order valence-electron chi connectivity index (χ3n) is 3.17. The SMILES string of the molecule is O=C(O)C1CN(C(=O)OCC2=CCCC=C2)CCN1. The minimum atomic E-state index is -0.949. The molecule has 1 saturated heterocycles. The fraction of sp³-hybridized carbons (Fsp3) is 0.538. The lowest BCUT2D eigenvalue weighted by Gasteiger charge is -2.30. The van der Waals surface area contributed by atoms with Gasteiger partial charge in [0.1, 0.15) is 12.6 Å². The van der Waals surface area contributed by atoms with Crippen molar-refractivity contribution in [1.29, 1.82) is 0 Å². The van der Waals surface area contributed by atoms with Crippen LogP contribution in [0.15, 0.2) is 23.8 Å². The Morgan fingerprint density at radius 2 is 2.32 bits per heavy atom. The average molecular weight is 266 g/mol. The number of carbonyl (C=O) groups excluding carboxylic acids is 1. The summed E-state index contributed by atoms with van der Waals surface area (Å²) in [6, 6.07) is -0.713. The fourth-order valence-corrected chi connectivity index (χ4v) is 2.09. The molecular weight excluding hydrogens is 248 g/mol. The lowest BCUT2D eigenvalue weighted by Crippen LogP contribution is -2.55. The fourth-order valence-electron chi connectivity index (χ4n) is 2.09. The van der Waals surface area contributed by atoms with Crippen molar-refractivity contribution in [3.8, 4) is 0 Å². The number of carboxylic acid groups (broad SMARTS) is 1. The van der Waals surface area contributed by atoms with E-state index in [4.69, 9.17) is 9.84 Å². The number of amides is 1. The third-order valence-corrected chi connectivity index (χ3v) is 3.17. The molecule has 1 aliphatic carbocycles. The van der Waals surface area contributed by atoms with Crippen molar-refractivity contribution in [1.82, 2.24) is 10.2 Å². The van der Waals surface area contributed by atoms with Gasteiger partial charge >= 0.3 is 12.1 Å². The highest BCUT2D eigenvalue weighted by molar-refractivity contribution is 5.76. The zero-order valence-electron chi connectivity index (χ0n) is 10.7. The third kappa shape index (κ3) is 3.82. The smallest absolute Gasteiger partial charge is 0.410 e. The highest BCUT2D eigenvalue weighted by atomic mass is 16.6. The summed E-state index contributed by atoms with van der Waals surface area (Å²) in [5, 5.41) is 11.7. The molecule has 6 heteroatoms. The Kier molecular flexibility index (Phi) is 4.57. The number of hydrogen-bond acceptors (Lipinski definition) is 4. The number of ether oxygens (including phenoxy) is 1. The Morgan fingerprint density at radius 1 is 1.47 bits per heavy atom. The predicted molar refractivity (Wildman–Crippen MR) is 68.8 cm³/mol. The van der Waals surface area contributed by atoms with E-state index in [-0.39, 0.29) is 13.2 Å². The summed E-state index contributed by atoms with van der Waals surface area (Å²) in [6.45, 7) is 1.33. The zero-order chi connectivity index (χ0) is 13.7. The second-order valence-corrected chi connectivity index (χ2v) is 4.60. The summed E-state index contributed by atoms with van der Waals surface area (Å²) >= 11 is 0. The first kappa shape index (κ1) is 13.6. The Bertz CT molecular complexity index is 417. The maximum Gasteiger partial charge on any atom is 0.410 e.